The van der Waals surface area contributed by atoms with Crippen molar-refractivity contribution in [2.45, 2.75) is 57.3 Å². The molecule has 0 unspecified atom stereocenters. The standard InChI is InChI=1S/C15H20F5N5O2S/c1-4-11(25-9(2)7-13(23-25)15(18,19)20)5-6-21-28(26,27)12-8-24(14(16)17)22-10(12)3/h7-8,11,14,21H,4-6H2,1-3H3/t11-/m1/s1. The number of hydrogen-bond donors (Lipinski definition) is 1. The van der Waals surface area contributed by atoms with Gasteiger partial charge in [0.1, 0.15) is 4.90 Å². The van der Waals surface area contributed by atoms with Crippen LogP contribution in [0.4, 0.5) is 22.0 Å². The third-order valence-corrected chi connectivity index (χ3v) is 5.72. The van der Waals surface area contributed by atoms with Crippen LogP contribution in [0.2, 0.25) is 0 Å². The van der Waals surface area contributed by atoms with E-state index in [2.05, 4.69) is 14.9 Å². The van der Waals surface area contributed by atoms with E-state index < -0.39 is 34.5 Å². The quantitative estimate of drug-likeness (QED) is 0.652. The number of nitrogens with one attached hydrogen (secondary N) is 1. The van der Waals surface area contributed by atoms with Crippen molar-refractivity contribution in [2.24, 2.45) is 0 Å². The predicted molar refractivity (Wildman–Crippen MR) is 89.3 cm³/mol. The number of nitrogens with zero attached hydrogens (tertiary/aromatic N) is 4. The Morgan fingerprint density at radius 2 is 1.86 bits per heavy atom. The normalized spacial score (nSPS) is 14.0. The van der Waals surface area contributed by atoms with Gasteiger partial charge < -0.3 is 0 Å². The van der Waals surface area contributed by atoms with Crippen LogP contribution >= 0.6 is 0 Å². The minimum atomic E-state index is -4.57. The number of rotatable bonds is 8. The van der Waals surface area contributed by atoms with Crippen molar-refractivity contribution in [2.75, 3.05) is 6.54 Å². The molecule has 2 rings (SSSR count). The molecule has 0 bridgehead atoms. The summed E-state index contributed by atoms with van der Waals surface area (Å²) in [6.07, 6.45) is -3.26. The summed E-state index contributed by atoms with van der Waals surface area (Å²) in [5.74, 6) is 0. The van der Waals surface area contributed by atoms with E-state index in [0.717, 1.165) is 12.3 Å². The number of sulfonamides is 1. The van der Waals surface area contributed by atoms with E-state index in [4.69, 9.17) is 0 Å². The van der Waals surface area contributed by atoms with Gasteiger partial charge in [-0.1, -0.05) is 6.92 Å². The van der Waals surface area contributed by atoms with Gasteiger partial charge in [-0.25, -0.2) is 17.8 Å². The zero-order chi connectivity index (χ0) is 21.3. The van der Waals surface area contributed by atoms with Crippen molar-refractivity contribution in [3.63, 3.8) is 0 Å². The fourth-order valence-corrected chi connectivity index (χ4v) is 3.98. The molecule has 2 aromatic rings. The SMILES string of the molecule is CC[C@H](CCNS(=O)(=O)c1cn(C(F)F)nc1C)n1nc(C(F)(F)F)cc1C. The lowest BCUT2D eigenvalue weighted by molar-refractivity contribution is -0.141. The van der Waals surface area contributed by atoms with E-state index in [1.54, 1.807) is 6.92 Å². The van der Waals surface area contributed by atoms with Gasteiger partial charge in [-0.2, -0.15) is 32.1 Å². The van der Waals surface area contributed by atoms with Crippen molar-refractivity contribution in [1.82, 2.24) is 24.3 Å². The number of hydrogen-bond acceptors (Lipinski definition) is 4. The van der Waals surface area contributed by atoms with Crippen molar-refractivity contribution < 1.29 is 30.4 Å². The molecular formula is C15H20F5N5O2S. The summed E-state index contributed by atoms with van der Waals surface area (Å²) in [6, 6.07) is 0.457. The Morgan fingerprint density at radius 3 is 2.32 bits per heavy atom. The average molecular weight is 429 g/mol. The first kappa shape index (κ1) is 22.3. The van der Waals surface area contributed by atoms with Gasteiger partial charge in [0.05, 0.1) is 17.9 Å². The van der Waals surface area contributed by atoms with Crippen LogP contribution in [0.25, 0.3) is 0 Å². The second-order valence-electron chi connectivity index (χ2n) is 6.20. The van der Waals surface area contributed by atoms with Crippen LogP contribution in [-0.4, -0.2) is 34.5 Å². The van der Waals surface area contributed by atoms with Crippen LogP contribution < -0.4 is 4.72 Å². The van der Waals surface area contributed by atoms with Gasteiger partial charge in [-0.05, 0) is 32.8 Å². The lowest BCUT2D eigenvalue weighted by Crippen LogP contribution is -2.27. The van der Waals surface area contributed by atoms with Crippen molar-refractivity contribution in [3.8, 4) is 0 Å². The van der Waals surface area contributed by atoms with Gasteiger partial charge >= 0.3 is 12.7 Å². The highest BCUT2D eigenvalue weighted by molar-refractivity contribution is 7.89. The van der Waals surface area contributed by atoms with Gasteiger partial charge in [0.15, 0.2) is 5.69 Å². The maximum atomic E-state index is 12.8. The minimum Gasteiger partial charge on any atom is -0.266 e. The minimum absolute atomic E-state index is 0.0856. The summed E-state index contributed by atoms with van der Waals surface area (Å²) in [7, 11) is -4.09. The molecule has 0 spiro atoms. The molecule has 0 saturated heterocycles. The molecule has 1 N–H and O–H groups in total. The van der Waals surface area contributed by atoms with Gasteiger partial charge in [-0.3, -0.25) is 4.68 Å². The van der Waals surface area contributed by atoms with Gasteiger partial charge in [0.2, 0.25) is 10.0 Å². The first-order chi connectivity index (χ1) is 12.9. The van der Waals surface area contributed by atoms with Gasteiger partial charge in [-0.15, -0.1) is 0 Å². The molecule has 158 valence electrons. The van der Waals surface area contributed by atoms with E-state index in [1.165, 1.54) is 18.5 Å². The van der Waals surface area contributed by atoms with E-state index in [9.17, 15) is 30.4 Å². The molecule has 0 amide bonds. The monoisotopic (exact) mass is 429 g/mol. The maximum absolute atomic E-state index is 12.8. The second kappa shape index (κ2) is 8.15. The molecule has 2 heterocycles. The molecule has 13 heteroatoms. The van der Waals surface area contributed by atoms with Crippen LogP contribution in [0.1, 0.15) is 49.4 Å². The third kappa shape index (κ3) is 4.87. The Morgan fingerprint density at radius 1 is 1.21 bits per heavy atom. The Labute approximate surface area is 158 Å². The van der Waals surface area contributed by atoms with Crippen LogP contribution in [-0.2, 0) is 16.2 Å². The second-order valence-corrected chi connectivity index (χ2v) is 7.93. The summed E-state index contributed by atoms with van der Waals surface area (Å²) in [5, 5.41) is 7.03. The summed E-state index contributed by atoms with van der Waals surface area (Å²) in [4.78, 5) is -0.379. The van der Waals surface area contributed by atoms with E-state index in [0.29, 0.717) is 12.1 Å². The number of aryl methyl sites for hydroxylation is 2. The molecule has 0 aromatic carbocycles. The van der Waals surface area contributed by atoms with Crippen LogP contribution in [0, 0.1) is 13.8 Å². The Bertz CT molecular complexity index is 920. The lowest BCUT2D eigenvalue weighted by atomic mass is 10.1. The molecule has 0 saturated carbocycles. The molecule has 0 aliphatic carbocycles. The molecule has 0 aliphatic heterocycles. The molecule has 1 atom stereocenters. The molecule has 7 nitrogen and oxygen atoms in total. The lowest BCUT2D eigenvalue weighted by Gasteiger charge is -2.18. The molecule has 0 fully saturated rings. The fraction of sp³-hybridized carbons (Fsp3) is 0.600. The van der Waals surface area contributed by atoms with Crippen LogP contribution in [0.15, 0.2) is 17.2 Å². The average Bonchev–Trinajstić information content (AvgIpc) is 3.15. The smallest absolute Gasteiger partial charge is 0.266 e. The number of halogens is 5. The summed E-state index contributed by atoms with van der Waals surface area (Å²) >= 11 is 0. The zero-order valence-electron chi connectivity index (χ0n) is 15.3. The van der Waals surface area contributed by atoms with Crippen molar-refractivity contribution in [1.29, 1.82) is 0 Å². The molecule has 0 aliphatic rings. The Balaban J connectivity index is 2.09. The topological polar surface area (TPSA) is 81.8 Å². The van der Waals surface area contributed by atoms with Gasteiger partial charge in [0, 0.05) is 12.2 Å². The largest absolute Gasteiger partial charge is 0.435 e. The van der Waals surface area contributed by atoms with E-state index in [1.807, 2.05) is 0 Å². The number of alkyl halides is 5. The first-order valence-electron chi connectivity index (χ1n) is 8.33. The third-order valence-electron chi connectivity index (χ3n) is 4.16. The van der Waals surface area contributed by atoms with E-state index >= 15 is 0 Å². The highest BCUT2D eigenvalue weighted by Gasteiger charge is 2.35. The summed E-state index contributed by atoms with van der Waals surface area (Å²) in [6.45, 7) is 1.42. The summed E-state index contributed by atoms with van der Waals surface area (Å²) in [5.41, 5.74) is -0.798. The maximum Gasteiger partial charge on any atom is 0.435 e. The Kier molecular flexibility index (Phi) is 6.48. The first-order valence-corrected chi connectivity index (χ1v) is 9.82. The van der Waals surface area contributed by atoms with Crippen molar-refractivity contribution in [3.05, 3.63) is 29.3 Å². The van der Waals surface area contributed by atoms with Crippen LogP contribution in [0.3, 0.4) is 0 Å². The fourth-order valence-electron chi connectivity index (χ4n) is 2.76. The molecule has 2 aromatic heterocycles. The predicted octanol–water partition coefficient (Wildman–Crippen LogP) is 3.43. The van der Waals surface area contributed by atoms with Crippen LogP contribution in [0.5, 0.6) is 0 Å². The number of aromatic nitrogens is 4. The Hall–Kier alpha value is -2.02. The van der Waals surface area contributed by atoms with Crippen molar-refractivity contribution >= 4 is 10.0 Å². The van der Waals surface area contributed by atoms with E-state index in [-0.39, 0.29) is 28.2 Å². The zero-order valence-corrected chi connectivity index (χ0v) is 16.2. The van der Waals surface area contributed by atoms with Gasteiger partial charge in [0.25, 0.3) is 0 Å². The highest BCUT2D eigenvalue weighted by Crippen LogP contribution is 2.30. The summed E-state index contributed by atoms with van der Waals surface area (Å²) < 4.78 is 92.1. The molecular weight excluding hydrogens is 409 g/mol. The molecule has 0 radical (unpaired) electrons. The molecule has 28 heavy (non-hydrogen) atoms. The highest BCUT2D eigenvalue weighted by atomic mass is 32.2.